The minimum atomic E-state index is -0.453. The fourth-order valence-electron chi connectivity index (χ4n) is 3.06. The summed E-state index contributed by atoms with van der Waals surface area (Å²) >= 11 is 0. The second kappa shape index (κ2) is 8.97. The quantitative estimate of drug-likeness (QED) is 0.663. The summed E-state index contributed by atoms with van der Waals surface area (Å²) in [5, 5.41) is 0. The highest BCUT2D eigenvalue weighted by Gasteiger charge is 2.18. The molecule has 1 aromatic carbocycles. The Balaban J connectivity index is 1.73. The van der Waals surface area contributed by atoms with Gasteiger partial charge >= 0.3 is 0 Å². The van der Waals surface area contributed by atoms with Gasteiger partial charge in [0.05, 0.1) is 19.8 Å². The molecule has 1 saturated heterocycles. The second-order valence-corrected chi connectivity index (χ2v) is 8.27. The predicted octanol–water partition coefficient (Wildman–Crippen LogP) is 4.82. The molecule has 6 heteroatoms. The van der Waals surface area contributed by atoms with Gasteiger partial charge in [0.1, 0.15) is 5.82 Å². The molecule has 0 spiro atoms. The van der Waals surface area contributed by atoms with E-state index in [2.05, 4.69) is 25.8 Å². The third-order valence-corrected chi connectivity index (χ3v) is 4.78. The smallest absolute Gasteiger partial charge is 0.166 e. The number of anilines is 1. The Bertz CT molecular complexity index is 800. The van der Waals surface area contributed by atoms with Crippen molar-refractivity contribution in [2.45, 2.75) is 33.8 Å². The normalized spacial score (nSPS) is 15.1. The van der Waals surface area contributed by atoms with Gasteiger partial charge in [0.2, 0.25) is 0 Å². The summed E-state index contributed by atoms with van der Waals surface area (Å²) in [6.45, 7) is 9.47. The van der Waals surface area contributed by atoms with Crippen molar-refractivity contribution in [1.82, 2.24) is 4.98 Å². The molecule has 4 nitrogen and oxygen atoms in total. The minimum absolute atomic E-state index is 0.172. The van der Waals surface area contributed by atoms with Crippen LogP contribution in [-0.4, -0.2) is 37.9 Å². The molecule has 0 aliphatic carbocycles. The molecule has 2 heterocycles. The molecular weight excluding hydrogens is 362 g/mol. The van der Waals surface area contributed by atoms with E-state index >= 15 is 0 Å². The van der Waals surface area contributed by atoms with Crippen molar-refractivity contribution in [3.8, 4) is 11.1 Å². The molecule has 152 valence electrons. The number of aromatic nitrogens is 1. The van der Waals surface area contributed by atoms with Crippen LogP contribution >= 0.6 is 0 Å². The Morgan fingerprint density at radius 2 is 1.93 bits per heavy atom. The zero-order valence-electron chi connectivity index (χ0n) is 16.8. The lowest BCUT2D eigenvalue weighted by Crippen LogP contribution is -2.37. The number of hydrogen-bond acceptors (Lipinski definition) is 4. The first-order chi connectivity index (χ1) is 13.3. The number of benzene rings is 1. The van der Waals surface area contributed by atoms with Gasteiger partial charge < -0.3 is 14.4 Å². The maximum atomic E-state index is 14.9. The summed E-state index contributed by atoms with van der Waals surface area (Å²) in [6, 6.07) is 6.44. The van der Waals surface area contributed by atoms with Gasteiger partial charge in [-0.2, -0.15) is 0 Å². The number of ether oxygens (including phenoxy) is 2. The molecular formula is C22H28F2N2O2. The zero-order chi connectivity index (χ0) is 20.1. The Labute approximate surface area is 165 Å². The van der Waals surface area contributed by atoms with Crippen LogP contribution in [0.15, 0.2) is 30.5 Å². The SMILES string of the molecule is CC(C)(C)CCOCc1cccc(-c2cnc(N3CCOCC3)c(F)c2)c1F. The van der Waals surface area contributed by atoms with Crippen molar-refractivity contribution >= 4 is 5.82 Å². The largest absolute Gasteiger partial charge is 0.378 e. The molecule has 0 amide bonds. The first kappa shape index (κ1) is 20.7. The van der Waals surface area contributed by atoms with Gasteiger partial charge in [0, 0.05) is 42.6 Å². The maximum absolute atomic E-state index is 14.9. The molecule has 1 fully saturated rings. The van der Waals surface area contributed by atoms with Gasteiger partial charge in [0.15, 0.2) is 11.6 Å². The highest BCUT2D eigenvalue weighted by Crippen LogP contribution is 2.28. The lowest BCUT2D eigenvalue weighted by Gasteiger charge is -2.28. The van der Waals surface area contributed by atoms with Crippen LogP contribution in [0, 0.1) is 17.0 Å². The Kier molecular flexibility index (Phi) is 6.62. The third kappa shape index (κ3) is 5.26. The number of hydrogen-bond donors (Lipinski definition) is 0. The summed E-state index contributed by atoms with van der Waals surface area (Å²) in [5.41, 5.74) is 1.38. The number of nitrogens with zero attached hydrogens (tertiary/aromatic N) is 2. The van der Waals surface area contributed by atoms with Crippen LogP contribution in [0.2, 0.25) is 0 Å². The van der Waals surface area contributed by atoms with E-state index in [-0.39, 0.29) is 17.8 Å². The van der Waals surface area contributed by atoms with Crippen molar-refractivity contribution in [2.24, 2.45) is 5.41 Å². The molecule has 28 heavy (non-hydrogen) atoms. The van der Waals surface area contributed by atoms with Crippen molar-refractivity contribution in [2.75, 3.05) is 37.8 Å². The Morgan fingerprint density at radius 1 is 1.18 bits per heavy atom. The summed E-state index contributed by atoms with van der Waals surface area (Å²) in [7, 11) is 0. The van der Waals surface area contributed by atoms with E-state index in [4.69, 9.17) is 9.47 Å². The molecule has 0 atom stereocenters. The fourth-order valence-corrected chi connectivity index (χ4v) is 3.06. The van der Waals surface area contributed by atoms with Gasteiger partial charge in [0.25, 0.3) is 0 Å². The van der Waals surface area contributed by atoms with Crippen molar-refractivity contribution in [1.29, 1.82) is 0 Å². The first-order valence-corrected chi connectivity index (χ1v) is 9.69. The molecule has 0 bridgehead atoms. The van der Waals surface area contributed by atoms with Crippen molar-refractivity contribution in [3.05, 3.63) is 47.7 Å². The molecule has 0 N–H and O–H groups in total. The monoisotopic (exact) mass is 390 g/mol. The molecule has 0 saturated carbocycles. The van der Waals surface area contributed by atoms with E-state index in [0.29, 0.717) is 49.6 Å². The van der Waals surface area contributed by atoms with E-state index in [1.165, 1.54) is 12.3 Å². The topological polar surface area (TPSA) is 34.6 Å². The van der Waals surface area contributed by atoms with E-state index in [1.54, 1.807) is 18.2 Å². The zero-order valence-corrected chi connectivity index (χ0v) is 16.8. The molecule has 0 radical (unpaired) electrons. The third-order valence-electron chi connectivity index (χ3n) is 4.78. The number of morpholine rings is 1. The molecule has 0 unspecified atom stereocenters. The summed E-state index contributed by atoms with van der Waals surface area (Å²) in [5.74, 6) is -0.557. The highest BCUT2D eigenvalue weighted by molar-refractivity contribution is 5.66. The van der Waals surface area contributed by atoms with Crippen LogP contribution < -0.4 is 4.90 Å². The Morgan fingerprint density at radius 3 is 2.61 bits per heavy atom. The minimum Gasteiger partial charge on any atom is -0.378 e. The maximum Gasteiger partial charge on any atom is 0.166 e. The summed E-state index contributed by atoms with van der Waals surface area (Å²) in [4.78, 5) is 6.09. The average Bonchev–Trinajstić information content (AvgIpc) is 2.66. The molecule has 3 rings (SSSR count). The van der Waals surface area contributed by atoms with Crippen LogP contribution in [0.1, 0.15) is 32.8 Å². The lowest BCUT2D eigenvalue weighted by molar-refractivity contribution is 0.0944. The molecule has 1 aromatic heterocycles. The van der Waals surface area contributed by atoms with Crippen molar-refractivity contribution in [3.63, 3.8) is 0 Å². The van der Waals surface area contributed by atoms with Crippen LogP contribution in [0.25, 0.3) is 11.1 Å². The predicted molar refractivity (Wildman–Crippen MR) is 106 cm³/mol. The van der Waals surface area contributed by atoms with Crippen LogP contribution in [0.5, 0.6) is 0 Å². The van der Waals surface area contributed by atoms with Crippen LogP contribution in [0.4, 0.5) is 14.6 Å². The van der Waals surface area contributed by atoms with Gasteiger partial charge in [-0.25, -0.2) is 13.8 Å². The van der Waals surface area contributed by atoms with Crippen LogP contribution in [0.3, 0.4) is 0 Å². The molecule has 1 aliphatic rings. The number of rotatable bonds is 6. The van der Waals surface area contributed by atoms with Gasteiger partial charge in [-0.15, -0.1) is 0 Å². The van der Waals surface area contributed by atoms with E-state index in [9.17, 15) is 8.78 Å². The highest BCUT2D eigenvalue weighted by atomic mass is 19.1. The standard InChI is InChI=1S/C22H28F2N2O2/c1-22(2,3)7-10-28-15-16-5-4-6-18(20(16)24)17-13-19(23)21(25-14-17)26-8-11-27-12-9-26/h4-6,13-14H,7-12,15H2,1-3H3. The average molecular weight is 390 g/mol. The number of halogens is 2. The Hall–Kier alpha value is -2.05. The number of pyridine rings is 1. The molecule has 2 aromatic rings. The second-order valence-electron chi connectivity index (χ2n) is 8.27. The van der Waals surface area contributed by atoms with Gasteiger partial charge in [-0.3, -0.25) is 0 Å². The van der Waals surface area contributed by atoms with Gasteiger partial charge in [-0.05, 0) is 17.9 Å². The fraction of sp³-hybridized carbons (Fsp3) is 0.500. The van der Waals surface area contributed by atoms with E-state index in [0.717, 1.165) is 6.42 Å². The lowest BCUT2D eigenvalue weighted by atomic mass is 9.93. The summed E-state index contributed by atoms with van der Waals surface area (Å²) < 4.78 is 40.5. The first-order valence-electron chi connectivity index (χ1n) is 9.69. The molecule has 1 aliphatic heterocycles. The van der Waals surface area contributed by atoms with Gasteiger partial charge in [-0.1, -0.05) is 39.0 Å². The van der Waals surface area contributed by atoms with E-state index in [1.807, 2.05) is 4.90 Å². The van der Waals surface area contributed by atoms with Crippen LogP contribution in [-0.2, 0) is 16.1 Å². The van der Waals surface area contributed by atoms with E-state index < -0.39 is 11.6 Å². The summed E-state index contributed by atoms with van der Waals surface area (Å²) in [6.07, 6.45) is 2.42. The van der Waals surface area contributed by atoms with Crippen molar-refractivity contribution < 1.29 is 18.3 Å².